The summed E-state index contributed by atoms with van der Waals surface area (Å²) >= 11 is 0. The van der Waals surface area contributed by atoms with Crippen LogP contribution in [0, 0.1) is 0 Å². The number of carbonyl (C=O) groups excluding carboxylic acids is 3. The van der Waals surface area contributed by atoms with Gasteiger partial charge in [0.1, 0.15) is 0 Å². The number of fused-ring (bicyclic) bond motifs is 1. The van der Waals surface area contributed by atoms with Crippen molar-refractivity contribution < 1.29 is 28.7 Å². The Hall–Kier alpha value is -3.35. The summed E-state index contributed by atoms with van der Waals surface area (Å²) in [5.74, 6) is -0.632. The number of hydrogen-bond acceptors (Lipinski definition) is 6. The fourth-order valence-corrected chi connectivity index (χ4v) is 2.87. The van der Waals surface area contributed by atoms with E-state index in [1.807, 2.05) is 12.1 Å². The molecule has 1 aliphatic heterocycles. The third-order valence-electron chi connectivity index (χ3n) is 4.24. The van der Waals surface area contributed by atoms with E-state index in [4.69, 9.17) is 14.3 Å². The third kappa shape index (κ3) is 3.76. The van der Waals surface area contributed by atoms with Gasteiger partial charge in [0, 0.05) is 6.42 Å². The number of methoxy groups -OCH3 is 2. The number of hydroxylamine groups is 2. The van der Waals surface area contributed by atoms with E-state index in [2.05, 4.69) is 0 Å². The standard InChI is InChI=1S/C20H19NO6/c1-25-16-11-10-13(12-17(16)26-2)6-5-9-18(22)27-21-19(23)14-7-3-4-8-15(14)20(21)24/h3-4,7-8,10-12H,5-6,9H2,1-2H3. The lowest BCUT2D eigenvalue weighted by Gasteiger charge is -2.13. The lowest BCUT2D eigenvalue weighted by molar-refractivity contribution is -0.168. The molecule has 0 aliphatic carbocycles. The maximum atomic E-state index is 12.2. The predicted octanol–water partition coefficient (Wildman–Crippen LogP) is 2.78. The lowest BCUT2D eigenvalue weighted by Crippen LogP contribution is -2.32. The van der Waals surface area contributed by atoms with E-state index in [-0.39, 0.29) is 17.5 Å². The van der Waals surface area contributed by atoms with Crippen LogP contribution in [0.2, 0.25) is 0 Å². The molecule has 0 atom stereocenters. The van der Waals surface area contributed by atoms with Crippen molar-refractivity contribution in [3.63, 3.8) is 0 Å². The molecule has 0 saturated carbocycles. The van der Waals surface area contributed by atoms with E-state index >= 15 is 0 Å². The minimum Gasteiger partial charge on any atom is -0.493 e. The van der Waals surface area contributed by atoms with E-state index in [9.17, 15) is 14.4 Å². The molecule has 0 radical (unpaired) electrons. The highest BCUT2D eigenvalue weighted by Crippen LogP contribution is 2.28. The first kappa shape index (κ1) is 18.4. The number of amides is 2. The van der Waals surface area contributed by atoms with Crippen LogP contribution in [0.1, 0.15) is 39.1 Å². The molecule has 3 rings (SSSR count). The van der Waals surface area contributed by atoms with Gasteiger partial charge in [-0.25, -0.2) is 4.79 Å². The summed E-state index contributed by atoms with van der Waals surface area (Å²) in [4.78, 5) is 41.4. The van der Waals surface area contributed by atoms with Gasteiger partial charge in [-0.15, -0.1) is 0 Å². The zero-order chi connectivity index (χ0) is 19.4. The average Bonchev–Trinajstić information content (AvgIpc) is 2.93. The summed E-state index contributed by atoms with van der Waals surface area (Å²) < 4.78 is 10.4. The Morgan fingerprint density at radius 2 is 1.56 bits per heavy atom. The Bertz CT molecular complexity index is 857. The van der Waals surface area contributed by atoms with Crippen molar-refractivity contribution in [1.29, 1.82) is 0 Å². The van der Waals surface area contributed by atoms with Crippen LogP contribution in [-0.4, -0.2) is 37.1 Å². The van der Waals surface area contributed by atoms with Crippen LogP contribution in [0.4, 0.5) is 0 Å². The molecule has 0 saturated heterocycles. The molecule has 7 heteroatoms. The Morgan fingerprint density at radius 3 is 2.15 bits per heavy atom. The zero-order valence-electron chi connectivity index (χ0n) is 15.1. The van der Waals surface area contributed by atoms with Crippen LogP contribution >= 0.6 is 0 Å². The summed E-state index contributed by atoms with van der Waals surface area (Å²) in [7, 11) is 3.12. The second-order valence-electron chi connectivity index (χ2n) is 5.96. The second-order valence-corrected chi connectivity index (χ2v) is 5.96. The number of benzene rings is 2. The lowest BCUT2D eigenvalue weighted by atomic mass is 10.1. The molecule has 0 N–H and O–H groups in total. The SMILES string of the molecule is COc1ccc(CCCC(=O)ON2C(=O)c3ccccc3C2=O)cc1OC. The minimum atomic E-state index is -0.634. The fourth-order valence-electron chi connectivity index (χ4n) is 2.87. The van der Waals surface area contributed by atoms with Gasteiger partial charge in [-0.3, -0.25) is 9.59 Å². The highest BCUT2D eigenvalue weighted by Gasteiger charge is 2.38. The molecule has 0 spiro atoms. The molecule has 2 amide bonds. The number of nitrogens with zero attached hydrogens (tertiary/aromatic N) is 1. The smallest absolute Gasteiger partial charge is 0.333 e. The summed E-state index contributed by atoms with van der Waals surface area (Å²) in [6.07, 6.45) is 1.18. The van der Waals surface area contributed by atoms with Gasteiger partial charge in [-0.05, 0) is 42.7 Å². The molecule has 0 bridgehead atoms. The van der Waals surface area contributed by atoms with Gasteiger partial charge < -0.3 is 14.3 Å². The van der Waals surface area contributed by atoms with Gasteiger partial charge in [-0.1, -0.05) is 23.3 Å². The Kier molecular flexibility index (Phi) is 5.40. The molecule has 0 unspecified atom stereocenters. The summed E-state index contributed by atoms with van der Waals surface area (Å²) in [5.41, 5.74) is 1.45. The molecule has 0 fully saturated rings. The van der Waals surface area contributed by atoms with Crippen LogP contribution in [0.15, 0.2) is 42.5 Å². The van der Waals surface area contributed by atoms with Crippen LogP contribution < -0.4 is 9.47 Å². The maximum Gasteiger partial charge on any atom is 0.333 e. The predicted molar refractivity (Wildman–Crippen MR) is 95.5 cm³/mol. The maximum absolute atomic E-state index is 12.2. The molecular formula is C20H19NO6. The largest absolute Gasteiger partial charge is 0.493 e. The topological polar surface area (TPSA) is 82.1 Å². The van der Waals surface area contributed by atoms with Gasteiger partial charge >= 0.3 is 5.97 Å². The molecule has 0 aromatic heterocycles. The molecule has 140 valence electrons. The van der Waals surface area contributed by atoms with E-state index in [1.54, 1.807) is 32.4 Å². The molecule has 1 aliphatic rings. The van der Waals surface area contributed by atoms with Gasteiger partial charge in [0.2, 0.25) is 0 Å². The highest BCUT2D eigenvalue weighted by atomic mass is 16.7. The second kappa shape index (κ2) is 7.90. The van der Waals surface area contributed by atoms with Crippen molar-refractivity contribution in [3.8, 4) is 11.5 Å². The fraction of sp³-hybridized carbons (Fsp3) is 0.250. The van der Waals surface area contributed by atoms with Crippen LogP contribution in [0.3, 0.4) is 0 Å². The molecule has 2 aromatic rings. The number of aryl methyl sites for hydroxylation is 1. The van der Waals surface area contributed by atoms with E-state index in [1.165, 1.54) is 12.1 Å². The first-order chi connectivity index (χ1) is 13.0. The van der Waals surface area contributed by atoms with Crippen molar-refractivity contribution in [2.45, 2.75) is 19.3 Å². The average molecular weight is 369 g/mol. The number of carbonyl (C=O) groups is 3. The van der Waals surface area contributed by atoms with Crippen molar-refractivity contribution >= 4 is 17.8 Å². The monoisotopic (exact) mass is 369 g/mol. The quantitative estimate of drug-likeness (QED) is 0.698. The zero-order valence-corrected chi connectivity index (χ0v) is 15.1. The third-order valence-corrected chi connectivity index (χ3v) is 4.24. The summed E-state index contributed by atoms with van der Waals surface area (Å²) in [6.45, 7) is 0. The molecule has 1 heterocycles. The molecule has 27 heavy (non-hydrogen) atoms. The van der Waals surface area contributed by atoms with Gasteiger partial charge in [-0.2, -0.15) is 0 Å². The molecular weight excluding hydrogens is 350 g/mol. The van der Waals surface area contributed by atoms with Gasteiger partial charge in [0.05, 0.1) is 25.3 Å². The van der Waals surface area contributed by atoms with E-state index in [0.29, 0.717) is 29.4 Å². The number of ether oxygens (including phenoxy) is 2. The van der Waals surface area contributed by atoms with Crippen LogP contribution in [-0.2, 0) is 16.1 Å². The van der Waals surface area contributed by atoms with E-state index < -0.39 is 17.8 Å². The minimum absolute atomic E-state index is 0.0712. The van der Waals surface area contributed by atoms with Crippen LogP contribution in [0.25, 0.3) is 0 Å². The first-order valence-electron chi connectivity index (χ1n) is 8.44. The Morgan fingerprint density at radius 1 is 0.926 bits per heavy atom. The van der Waals surface area contributed by atoms with Gasteiger partial charge in [0.25, 0.3) is 11.8 Å². The van der Waals surface area contributed by atoms with Crippen molar-refractivity contribution in [2.75, 3.05) is 14.2 Å². The van der Waals surface area contributed by atoms with Gasteiger partial charge in [0.15, 0.2) is 11.5 Å². The van der Waals surface area contributed by atoms with Crippen molar-refractivity contribution in [2.24, 2.45) is 0 Å². The number of imide groups is 1. The number of hydrogen-bond donors (Lipinski definition) is 0. The Labute approximate surface area is 156 Å². The van der Waals surface area contributed by atoms with E-state index in [0.717, 1.165) is 5.56 Å². The van der Waals surface area contributed by atoms with Crippen molar-refractivity contribution in [1.82, 2.24) is 5.06 Å². The summed E-state index contributed by atoms with van der Waals surface area (Å²) in [5, 5.41) is 0.531. The van der Waals surface area contributed by atoms with Crippen molar-refractivity contribution in [3.05, 3.63) is 59.2 Å². The summed E-state index contributed by atoms with van der Waals surface area (Å²) in [6, 6.07) is 11.9. The first-order valence-corrected chi connectivity index (χ1v) is 8.44. The highest BCUT2D eigenvalue weighted by molar-refractivity contribution is 6.20. The number of rotatable bonds is 7. The molecule has 7 nitrogen and oxygen atoms in total. The molecule has 2 aromatic carbocycles. The normalized spacial score (nSPS) is 12.7. The van der Waals surface area contributed by atoms with Crippen LogP contribution in [0.5, 0.6) is 11.5 Å². The Balaban J connectivity index is 1.54.